The van der Waals surface area contributed by atoms with Gasteiger partial charge in [0.15, 0.2) is 4.32 Å². The van der Waals surface area contributed by atoms with E-state index >= 15 is 0 Å². The van der Waals surface area contributed by atoms with Crippen molar-refractivity contribution < 1.29 is 9.72 Å². The quantitative estimate of drug-likeness (QED) is 0.138. The predicted octanol–water partition coefficient (Wildman–Crippen LogP) is 8.11. The second-order valence-electron chi connectivity index (χ2n) is 6.66. The third kappa shape index (κ3) is 5.37. The first kappa shape index (κ1) is 24.1. The van der Waals surface area contributed by atoms with Gasteiger partial charge in [0.05, 0.1) is 30.5 Å². The molecular weight excluding hydrogens is 543 g/mol. The van der Waals surface area contributed by atoms with Crippen molar-refractivity contribution >= 4 is 98.2 Å². The molecule has 3 aromatic carbocycles. The number of rotatable bonds is 5. The van der Waals surface area contributed by atoms with Gasteiger partial charge in [0.1, 0.15) is 0 Å². The van der Waals surface area contributed by atoms with Crippen LogP contribution >= 0.6 is 70.5 Å². The van der Waals surface area contributed by atoms with Gasteiger partial charge < -0.3 is 0 Å². The molecule has 4 rings (SSSR count). The topological polar surface area (TPSA) is 63.4 Å². The summed E-state index contributed by atoms with van der Waals surface area (Å²) in [5.41, 5.74) is 0.941. The van der Waals surface area contributed by atoms with E-state index in [0.717, 1.165) is 16.7 Å². The molecule has 1 fully saturated rings. The summed E-state index contributed by atoms with van der Waals surface area (Å²) >= 11 is 25.7. The molecule has 0 aromatic heterocycles. The summed E-state index contributed by atoms with van der Waals surface area (Å²) in [4.78, 5) is 27.2. The molecule has 166 valence electrons. The highest BCUT2D eigenvalue weighted by atomic mass is 35.5. The van der Waals surface area contributed by atoms with Crippen LogP contribution in [0.3, 0.4) is 0 Å². The monoisotopic (exact) mass is 552 g/mol. The van der Waals surface area contributed by atoms with E-state index in [9.17, 15) is 14.9 Å². The van der Waals surface area contributed by atoms with E-state index in [-0.39, 0.29) is 11.6 Å². The number of anilines is 1. The van der Waals surface area contributed by atoms with E-state index in [1.165, 1.54) is 22.7 Å². The zero-order valence-corrected chi connectivity index (χ0v) is 21.0. The van der Waals surface area contributed by atoms with Crippen molar-refractivity contribution in [3.05, 3.63) is 96.3 Å². The standard InChI is InChI=1S/C22H11Cl3N2O3S3/c23-13-2-5-15(6-3-13)32-19-8-1-12(9-18(19)27(29)30)10-20-21(28)26(22(31)33-20)14-4-7-16(24)17(25)11-14/h1-11H. The Balaban J connectivity index is 1.63. The molecule has 0 N–H and O–H groups in total. The van der Waals surface area contributed by atoms with Crippen molar-refractivity contribution in [1.29, 1.82) is 0 Å². The van der Waals surface area contributed by atoms with Gasteiger partial charge in [-0.15, -0.1) is 0 Å². The Labute approximate surface area is 217 Å². The van der Waals surface area contributed by atoms with Crippen LogP contribution < -0.4 is 4.90 Å². The molecule has 0 radical (unpaired) electrons. The van der Waals surface area contributed by atoms with Crippen molar-refractivity contribution in [2.75, 3.05) is 4.90 Å². The summed E-state index contributed by atoms with van der Waals surface area (Å²) in [6, 6.07) is 16.6. The van der Waals surface area contributed by atoms with Gasteiger partial charge in [0.2, 0.25) is 0 Å². The number of thioether (sulfide) groups is 1. The largest absolute Gasteiger partial charge is 0.283 e. The number of hydrogen-bond acceptors (Lipinski definition) is 6. The molecule has 1 aliphatic rings. The number of halogens is 3. The van der Waals surface area contributed by atoms with E-state index < -0.39 is 4.92 Å². The van der Waals surface area contributed by atoms with E-state index in [1.807, 2.05) is 0 Å². The van der Waals surface area contributed by atoms with Crippen LogP contribution in [0.2, 0.25) is 15.1 Å². The van der Waals surface area contributed by atoms with E-state index in [2.05, 4.69) is 0 Å². The van der Waals surface area contributed by atoms with Crippen LogP contribution in [0, 0.1) is 10.1 Å². The smallest absolute Gasteiger partial charge is 0.268 e. The average molecular weight is 554 g/mol. The number of nitro groups is 1. The highest BCUT2D eigenvalue weighted by molar-refractivity contribution is 8.27. The normalized spacial score (nSPS) is 14.9. The zero-order valence-electron chi connectivity index (χ0n) is 16.3. The third-order valence-corrected chi connectivity index (χ3v) is 7.84. The van der Waals surface area contributed by atoms with E-state index in [4.69, 9.17) is 47.0 Å². The number of benzene rings is 3. The predicted molar refractivity (Wildman–Crippen MR) is 141 cm³/mol. The van der Waals surface area contributed by atoms with Gasteiger partial charge in [0, 0.05) is 16.0 Å². The summed E-state index contributed by atoms with van der Waals surface area (Å²) < 4.78 is 0.328. The second kappa shape index (κ2) is 10.0. The lowest BCUT2D eigenvalue weighted by Crippen LogP contribution is -2.27. The number of nitrogens with zero attached hydrogens (tertiary/aromatic N) is 2. The fourth-order valence-corrected chi connectivity index (χ4v) is 5.57. The molecule has 3 aromatic rings. The van der Waals surface area contributed by atoms with Gasteiger partial charge in [-0.1, -0.05) is 76.6 Å². The maximum atomic E-state index is 13.0. The molecule has 1 heterocycles. The molecule has 33 heavy (non-hydrogen) atoms. The van der Waals surface area contributed by atoms with Crippen molar-refractivity contribution in [2.24, 2.45) is 0 Å². The SMILES string of the molecule is O=C1C(=Cc2ccc(Sc3ccc(Cl)cc3)c([N+](=O)[O-])c2)SC(=S)N1c1ccc(Cl)c(Cl)c1. The molecule has 0 bridgehead atoms. The average Bonchev–Trinajstić information content (AvgIpc) is 3.05. The third-order valence-electron chi connectivity index (χ3n) is 4.47. The lowest BCUT2D eigenvalue weighted by Gasteiger charge is -2.15. The van der Waals surface area contributed by atoms with Crippen molar-refractivity contribution in [3.8, 4) is 0 Å². The zero-order chi connectivity index (χ0) is 23.7. The second-order valence-corrected chi connectivity index (χ2v) is 10.7. The molecule has 0 aliphatic carbocycles. The molecule has 1 saturated heterocycles. The number of carbonyl (C=O) groups is 1. The molecule has 1 aliphatic heterocycles. The van der Waals surface area contributed by atoms with Gasteiger partial charge in [-0.05, 0) is 60.2 Å². The summed E-state index contributed by atoms with van der Waals surface area (Å²) in [7, 11) is 0. The Hall–Kier alpha value is -2.07. The minimum Gasteiger partial charge on any atom is -0.268 e. The summed E-state index contributed by atoms with van der Waals surface area (Å²) in [5, 5.41) is 12.9. The number of thiocarbonyl (C=S) groups is 1. The first-order valence-corrected chi connectivity index (χ1v) is 12.4. The van der Waals surface area contributed by atoms with Crippen LogP contribution in [0.25, 0.3) is 6.08 Å². The number of nitro benzene ring substituents is 1. The van der Waals surface area contributed by atoms with Crippen LogP contribution in [0.5, 0.6) is 0 Å². The highest BCUT2D eigenvalue weighted by Gasteiger charge is 2.33. The summed E-state index contributed by atoms with van der Waals surface area (Å²) in [6.07, 6.45) is 1.58. The van der Waals surface area contributed by atoms with Gasteiger partial charge in [0.25, 0.3) is 11.6 Å². The van der Waals surface area contributed by atoms with Crippen LogP contribution in [-0.4, -0.2) is 15.2 Å². The number of amides is 1. The maximum absolute atomic E-state index is 13.0. The van der Waals surface area contributed by atoms with Gasteiger partial charge >= 0.3 is 0 Å². The Morgan fingerprint density at radius 2 is 1.73 bits per heavy atom. The molecule has 0 unspecified atom stereocenters. The van der Waals surface area contributed by atoms with Crippen LogP contribution in [0.1, 0.15) is 5.56 Å². The van der Waals surface area contributed by atoms with Crippen LogP contribution in [-0.2, 0) is 4.79 Å². The summed E-state index contributed by atoms with van der Waals surface area (Å²) in [6.45, 7) is 0. The Bertz CT molecular complexity index is 1330. The van der Waals surface area contributed by atoms with Crippen molar-refractivity contribution in [2.45, 2.75) is 9.79 Å². The van der Waals surface area contributed by atoms with E-state index in [0.29, 0.717) is 40.4 Å². The number of carbonyl (C=O) groups excluding carboxylic acids is 1. The van der Waals surface area contributed by atoms with Crippen molar-refractivity contribution in [1.82, 2.24) is 0 Å². The Morgan fingerprint density at radius 1 is 1.00 bits per heavy atom. The highest BCUT2D eigenvalue weighted by Crippen LogP contribution is 2.40. The first-order chi connectivity index (χ1) is 15.7. The Kier molecular flexibility index (Phi) is 7.33. The minimum atomic E-state index is -0.448. The molecule has 5 nitrogen and oxygen atoms in total. The molecule has 0 atom stereocenters. The molecule has 11 heteroatoms. The van der Waals surface area contributed by atoms with Crippen molar-refractivity contribution in [3.63, 3.8) is 0 Å². The van der Waals surface area contributed by atoms with Gasteiger partial charge in [-0.25, -0.2) is 0 Å². The molecular formula is C22H11Cl3N2O3S3. The number of hydrogen-bond donors (Lipinski definition) is 0. The fraction of sp³-hybridized carbons (Fsp3) is 0. The minimum absolute atomic E-state index is 0.0661. The van der Waals surface area contributed by atoms with Crippen LogP contribution in [0.4, 0.5) is 11.4 Å². The molecule has 0 spiro atoms. The fourth-order valence-electron chi connectivity index (χ4n) is 2.95. The lowest BCUT2D eigenvalue weighted by atomic mass is 10.2. The molecule has 0 saturated carbocycles. The summed E-state index contributed by atoms with van der Waals surface area (Å²) in [5.74, 6) is -0.342. The van der Waals surface area contributed by atoms with E-state index in [1.54, 1.807) is 60.7 Å². The van der Waals surface area contributed by atoms with Gasteiger partial charge in [-0.3, -0.25) is 19.8 Å². The maximum Gasteiger partial charge on any atom is 0.283 e. The Morgan fingerprint density at radius 3 is 2.39 bits per heavy atom. The molecule has 1 amide bonds. The lowest BCUT2D eigenvalue weighted by molar-refractivity contribution is -0.387. The van der Waals surface area contributed by atoms with Gasteiger partial charge in [-0.2, -0.15) is 0 Å². The van der Waals surface area contributed by atoms with Crippen LogP contribution in [0.15, 0.2) is 75.4 Å². The first-order valence-electron chi connectivity index (χ1n) is 9.18.